The van der Waals surface area contributed by atoms with Crippen LogP contribution in [-0.4, -0.2) is 0 Å². The van der Waals surface area contributed by atoms with E-state index in [9.17, 15) is 8.78 Å². The molecule has 3 heteroatoms. The molecule has 16 heavy (non-hydrogen) atoms. The van der Waals surface area contributed by atoms with Crippen LogP contribution in [0.1, 0.15) is 5.56 Å². The molecule has 0 fully saturated rings. The van der Waals surface area contributed by atoms with Gasteiger partial charge >= 0.3 is 0 Å². The molecule has 0 bridgehead atoms. The highest BCUT2D eigenvalue weighted by Crippen LogP contribution is 2.18. The van der Waals surface area contributed by atoms with Gasteiger partial charge in [-0.3, -0.25) is 0 Å². The lowest BCUT2D eigenvalue weighted by Crippen LogP contribution is -1.97. The van der Waals surface area contributed by atoms with E-state index in [1.807, 2.05) is 36.4 Å². The van der Waals surface area contributed by atoms with Gasteiger partial charge in [0.1, 0.15) is 12.4 Å². The Hall–Kier alpha value is -1.90. The van der Waals surface area contributed by atoms with Crippen LogP contribution >= 0.6 is 0 Å². The van der Waals surface area contributed by atoms with E-state index >= 15 is 0 Å². The van der Waals surface area contributed by atoms with E-state index in [2.05, 4.69) is 0 Å². The van der Waals surface area contributed by atoms with Crippen molar-refractivity contribution in [2.24, 2.45) is 0 Å². The van der Waals surface area contributed by atoms with Crippen LogP contribution in [0.4, 0.5) is 8.78 Å². The molecule has 0 spiro atoms. The van der Waals surface area contributed by atoms with Crippen molar-refractivity contribution in [1.82, 2.24) is 0 Å². The van der Waals surface area contributed by atoms with E-state index in [1.165, 1.54) is 6.07 Å². The van der Waals surface area contributed by atoms with E-state index in [0.717, 1.165) is 11.6 Å². The number of benzene rings is 2. The van der Waals surface area contributed by atoms with Gasteiger partial charge < -0.3 is 4.74 Å². The monoisotopic (exact) mass is 219 g/mol. The molecule has 0 aliphatic heterocycles. The van der Waals surface area contributed by atoms with Crippen molar-refractivity contribution in [3.63, 3.8) is 0 Å². The molecule has 1 radical (unpaired) electrons. The summed E-state index contributed by atoms with van der Waals surface area (Å²) in [6, 6.07) is 13.6. The third-order valence-electron chi connectivity index (χ3n) is 2.06. The Balaban J connectivity index is 2.05. The highest BCUT2D eigenvalue weighted by Gasteiger charge is 2.05. The number of ether oxygens (including phenoxy) is 1. The van der Waals surface area contributed by atoms with Crippen LogP contribution in [0.5, 0.6) is 5.75 Å². The Bertz CT molecular complexity index is 469. The van der Waals surface area contributed by atoms with Crippen molar-refractivity contribution < 1.29 is 13.5 Å². The Morgan fingerprint density at radius 3 is 2.44 bits per heavy atom. The van der Waals surface area contributed by atoms with Crippen LogP contribution in [0.3, 0.4) is 0 Å². The van der Waals surface area contributed by atoms with E-state index in [4.69, 9.17) is 4.74 Å². The minimum absolute atomic E-state index is 0.00486. The molecule has 2 aromatic rings. The fourth-order valence-electron chi connectivity index (χ4n) is 1.28. The molecule has 0 aliphatic carbocycles. The predicted octanol–water partition coefficient (Wildman–Crippen LogP) is 3.34. The SMILES string of the molecule is Fc1[c]c(F)c(OCc2ccccc2)cc1. The smallest absolute Gasteiger partial charge is 0.176 e. The molecule has 1 nitrogen and oxygen atoms in total. The molecule has 2 aromatic carbocycles. The largest absolute Gasteiger partial charge is 0.486 e. The van der Waals surface area contributed by atoms with Gasteiger partial charge in [-0.05, 0) is 17.7 Å². The van der Waals surface area contributed by atoms with Gasteiger partial charge in [0.25, 0.3) is 0 Å². The summed E-state index contributed by atoms with van der Waals surface area (Å²) in [5.41, 5.74) is 0.922. The first-order chi connectivity index (χ1) is 7.75. The van der Waals surface area contributed by atoms with Gasteiger partial charge in [0.05, 0.1) is 6.07 Å². The average Bonchev–Trinajstić information content (AvgIpc) is 2.29. The molecule has 0 aliphatic rings. The summed E-state index contributed by atoms with van der Waals surface area (Å²) in [5, 5.41) is 0. The summed E-state index contributed by atoms with van der Waals surface area (Å²) in [7, 11) is 0. The quantitative estimate of drug-likeness (QED) is 0.769. The Kier molecular flexibility index (Phi) is 3.15. The zero-order valence-corrected chi connectivity index (χ0v) is 8.41. The zero-order chi connectivity index (χ0) is 11.4. The fraction of sp³-hybridized carbons (Fsp3) is 0.0769. The lowest BCUT2D eigenvalue weighted by Gasteiger charge is -2.06. The molecule has 0 saturated heterocycles. The summed E-state index contributed by atoms with van der Waals surface area (Å²) in [4.78, 5) is 0. The molecule has 2 rings (SSSR count). The second-order valence-electron chi connectivity index (χ2n) is 3.26. The van der Waals surface area contributed by atoms with Gasteiger partial charge in [-0.1, -0.05) is 30.3 Å². The zero-order valence-electron chi connectivity index (χ0n) is 8.41. The molecule has 0 amide bonds. The maximum Gasteiger partial charge on any atom is 0.176 e. The van der Waals surface area contributed by atoms with Gasteiger partial charge in [-0.15, -0.1) is 0 Å². The first-order valence-electron chi connectivity index (χ1n) is 4.80. The summed E-state index contributed by atoms with van der Waals surface area (Å²) in [6.45, 7) is 0.247. The van der Waals surface area contributed by atoms with Crippen molar-refractivity contribution in [2.75, 3.05) is 0 Å². The minimum atomic E-state index is -0.809. The highest BCUT2D eigenvalue weighted by molar-refractivity contribution is 5.24. The third-order valence-corrected chi connectivity index (χ3v) is 2.06. The molecule has 0 N–H and O–H groups in total. The molecule has 0 aromatic heterocycles. The minimum Gasteiger partial charge on any atom is -0.486 e. The van der Waals surface area contributed by atoms with Crippen molar-refractivity contribution in [2.45, 2.75) is 6.61 Å². The van der Waals surface area contributed by atoms with E-state index in [-0.39, 0.29) is 12.4 Å². The van der Waals surface area contributed by atoms with Gasteiger partial charge in [-0.25, -0.2) is 8.78 Å². The molecular formula is C13H9F2O. The molecule has 0 saturated carbocycles. The lowest BCUT2D eigenvalue weighted by atomic mass is 10.2. The molecule has 0 unspecified atom stereocenters. The maximum absolute atomic E-state index is 13.1. The van der Waals surface area contributed by atoms with Gasteiger partial charge in [-0.2, -0.15) is 0 Å². The maximum atomic E-state index is 13.1. The third kappa shape index (κ3) is 2.57. The number of halogens is 2. The fourth-order valence-corrected chi connectivity index (χ4v) is 1.28. The van der Waals surface area contributed by atoms with Crippen molar-refractivity contribution in [1.29, 1.82) is 0 Å². The topological polar surface area (TPSA) is 9.23 Å². The van der Waals surface area contributed by atoms with Crippen LogP contribution in [-0.2, 0) is 6.61 Å². The van der Waals surface area contributed by atoms with Crippen LogP contribution in [0.15, 0.2) is 42.5 Å². The lowest BCUT2D eigenvalue weighted by molar-refractivity contribution is 0.289. The first-order valence-corrected chi connectivity index (χ1v) is 4.80. The van der Waals surface area contributed by atoms with Crippen LogP contribution in [0.25, 0.3) is 0 Å². The summed E-state index contributed by atoms with van der Waals surface area (Å²) < 4.78 is 30.9. The van der Waals surface area contributed by atoms with Crippen LogP contribution in [0.2, 0.25) is 0 Å². The standard InChI is InChI=1S/C13H9F2O/c14-11-6-7-13(12(15)8-11)16-9-10-4-2-1-3-5-10/h1-7H,9H2. The molecular weight excluding hydrogens is 210 g/mol. The molecule has 0 atom stereocenters. The Morgan fingerprint density at radius 1 is 1.00 bits per heavy atom. The van der Waals surface area contributed by atoms with Crippen LogP contribution in [0, 0.1) is 17.7 Å². The van der Waals surface area contributed by atoms with E-state index in [1.54, 1.807) is 0 Å². The van der Waals surface area contributed by atoms with Gasteiger partial charge in [0.15, 0.2) is 11.6 Å². The van der Waals surface area contributed by atoms with Gasteiger partial charge in [0, 0.05) is 0 Å². The Labute approximate surface area is 92.3 Å². The van der Waals surface area contributed by atoms with Gasteiger partial charge in [0.2, 0.25) is 0 Å². The second kappa shape index (κ2) is 4.75. The van der Waals surface area contributed by atoms with Crippen molar-refractivity contribution >= 4 is 0 Å². The van der Waals surface area contributed by atoms with Crippen molar-refractivity contribution in [3.05, 3.63) is 65.7 Å². The highest BCUT2D eigenvalue weighted by atomic mass is 19.1. The number of hydrogen-bond acceptors (Lipinski definition) is 1. The normalized spacial score (nSPS) is 10.1. The molecule has 0 heterocycles. The summed E-state index contributed by atoms with van der Waals surface area (Å²) in [6.07, 6.45) is 0. The van der Waals surface area contributed by atoms with E-state index < -0.39 is 11.6 Å². The Morgan fingerprint density at radius 2 is 1.75 bits per heavy atom. The predicted molar refractivity (Wildman–Crippen MR) is 56.0 cm³/mol. The summed E-state index contributed by atoms with van der Waals surface area (Å²) >= 11 is 0. The molecule has 81 valence electrons. The number of hydrogen-bond donors (Lipinski definition) is 0. The van der Waals surface area contributed by atoms with Crippen molar-refractivity contribution in [3.8, 4) is 5.75 Å². The first kappa shape index (κ1) is 10.6. The average molecular weight is 219 g/mol. The summed E-state index contributed by atoms with van der Waals surface area (Å²) in [5.74, 6) is -1.54. The number of rotatable bonds is 3. The van der Waals surface area contributed by atoms with Crippen LogP contribution < -0.4 is 4.74 Å². The van der Waals surface area contributed by atoms with E-state index in [0.29, 0.717) is 0 Å². The second-order valence-corrected chi connectivity index (χ2v) is 3.26.